The molecule has 29 heavy (non-hydrogen) atoms. The molecule has 0 radical (unpaired) electrons. The minimum absolute atomic E-state index is 0.0723. The van der Waals surface area contributed by atoms with Gasteiger partial charge in [0.15, 0.2) is 5.82 Å². The summed E-state index contributed by atoms with van der Waals surface area (Å²) in [6.07, 6.45) is 0. The third-order valence-corrected chi connectivity index (χ3v) is 4.96. The molecule has 4 rings (SSSR count). The monoisotopic (exact) mass is 384 g/mol. The van der Waals surface area contributed by atoms with Gasteiger partial charge in [-0.15, -0.1) is 0 Å². The molecule has 0 unspecified atom stereocenters. The molecular formula is C25H24N2O2. The smallest absolute Gasteiger partial charge is 0.230 e. The Balaban J connectivity index is 1.82. The lowest BCUT2D eigenvalue weighted by atomic mass is 9.86. The SMILES string of the molecule is Cc1cc(C(C)(C)C)ccc1Oc1nc(-c2ccccc2O)nc2ccccc12. The topological polar surface area (TPSA) is 55.2 Å². The predicted molar refractivity (Wildman–Crippen MR) is 117 cm³/mol. The molecule has 4 aromatic rings. The Kier molecular flexibility index (Phi) is 4.71. The van der Waals surface area contributed by atoms with Crippen LogP contribution in [0.3, 0.4) is 0 Å². The minimum atomic E-state index is 0.0723. The Bertz CT molecular complexity index is 1190. The number of phenolic OH excluding ortho intramolecular Hbond substituents is 1. The van der Waals surface area contributed by atoms with E-state index in [1.54, 1.807) is 18.2 Å². The number of nitrogens with zero attached hydrogens (tertiary/aromatic N) is 2. The van der Waals surface area contributed by atoms with Crippen molar-refractivity contribution in [3.63, 3.8) is 0 Å². The van der Waals surface area contributed by atoms with E-state index in [0.29, 0.717) is 17.3 Å². The Morgan fingerprint density at radius 3 is 2.31 bits per heavy atom. The van der Waals surface area contributed by atoms with E-state index in [-0.39, 0.29) is 11.2 Å². The number of phenols is 1. The lowest BCUT2D eigenvalue weighted by Crippen LogP contribution is -2.11. The van der Waals surface area contributed by atoms with Crippen LogP contribution in [-0.2, 0) is 5.41 Å². The van der Waals surface area contributed by atoms with E-state index in [4.69, 9.17) is 4.74 Å². The second-order valence-electron chi connectivity index (χ2n) is 8.22. The summed E-state index contributed by atoms with van der Waals surface area (Å²) in [5, 5.41) is 11.1. The summed E-state index contributed by atoms with van der Waals surface area (Å²) < 4.78 is 6.26. The van der Waals surface area contributed by atoms with Gasteiger partial charge in [0.2, 0.25) is 5.88 Å². The zero-order chi connectivity index (χ0) is 20.6. The average molecular weight is 384 g/mol. The van der Waals surface area contributed by atoms with Gasteiger partial charge in [0.1, 0.15) is 11.5 Å². The first-order valence-corrected chi connectivity index (χ1v) is 9.67. The van der Waals surface area contributed by atoms with Crippen LogP contribution in [0.1, 0.15) is 31.9 Å². The van der Waals surface area contributed by atoms with Gasteiger partial charge in [0.05, 0.1) is 16.5 Å². The van der Waals surface area contributed by atoms with Crippen LogP contribution in [0, 0.1) is 6.92 Å². The second-order valence-corrected chi connectivity index (χ2v) is 8.22. The standard InChI is InChI=1S/C25H24N2O2/c1-16-15-17(25(2,3)4)13-14-22(16)29-24-18-9-5-7-11-20(18)26-23(27-24)19-10-6-8-12-21(19)28/h5-15,28H,1-4H3. The van der Waals surface area contributed by atoms with Crippen LogP contribution >= 0.6 is 0 Å². The Hall–Kier alpha value is -3.40. The molecule has 146 valence electrons. The number of benzene rings is 3. The van der Waals surface area contributed by atoms with Crippen LogP contribution in [0.15, 0.2) is 66.7 Å². The van der Waals surface area contributed by atoms with Gasteiger partial charge in [-0.2, -0.15) is 4.98 Å². The molecule has 3 aromatic carbocycles. The van der Waals surface area contributed by atoms with Crippen molar-refractivity contribution in [2.24, 2.45) is 0 Å². The molecule has 4 heteroatoms. The number of para-hydroxylation sites is 2. The number of aryl methyl sites for hydroxylation is 1. The van der Waals surface area contributed by atoms with Gasteiger partial charge in [-0.25, -0.2) is 4.98 Å². The van der Waals surface area contributed by atoms with Crippen molar-refractivity contribution in [3.05, 3.63) is 77.9 Å². The number of aromatic nitrogens is 2. The number of hydrogen-bond acceptors (Lipinski definition) is 4. The third kappa shape index (κ3) is 3.79. The molecule has 1 N–H and O–H groups in total. The molecule has 0 saturated carbocycles. The van der Waals surface area contributed by atoms with Gasteiger partial charge in [-0.3, -0.25) is 0 Å². The fourth-order valence-electron chi connectivity index (χ4n) is 3.24. The zero-order valence-electron chi connectivity index (χ0n) is 17.1. The van der Waals surface area contributed by atoms with Gasteiger partial charge in [-0.1, -0.05) is 57.2 Å². The second kappa shape index (κ2) is 7.21. The normalized spacial score (nSPS) is 11.6. The third-order valence-electron chi connectivity index (χ3n) is 4.96. The van der Waals surface area contributed by atoms with Gasteiger partial charge < -0.3 is 9.84 Å². The summed E-state index contributed by atoms with van der Waals surface area (Å²) in [7, 11) is 0. The molecule has 0 fully saturated rings. The summed E-state index contributed by atoms with van der Waals surface area (Å²) in [6, 6.07) is 21.0. The lowest BCUT2D eigenvalue weighted by molar-refractivity contribution is 0.463. The highest BCUT2D eigenvalue weighted by Crippen LogP contribution is 2.35. The summed E-state index contributed by atoms with van der Waals surface area (Å²) in [5.41, 5.74) is 3.71. The highest BCUT2D eigenvalue weighted by Gasteiger charge is 2.17. The maximum Gasteiger partial charge on any atom is 0.230 e. The first kappa shape index (κ1) is 18.9. The molecule has 0 amide bonds. The minimum Gasteiger partial charge on any atom is -0.507 e. The van der Waals surface area contributed by atoms with Gasteiger partial charge in [-0.05, 0) is 53.8 Å². The predicted octanol–water partition coefficient (Wildman–Crippen LogP) is 6.40. The van der Waals surface area contributed by atoms with E-state index < -0.39 is 0 Å². The Morgan fingerprint density at radius 1 is 0.862 bits per heavy atom. The van der Waals surface area contributed by atoms with E-state index in [2.05, 4.69) is 42.9 Å². The molecule has 0 saturated heterocycles. The molecular weight excluding hydrogens is 360 g/mol. The van der Waals surface area contributed by atoms with Crippen LogP contribution < -0.4 is 4.74 Å². The summed E-state index contributed by atoms with van der Waals surface area (Å²) >= 11 is 0. The van der Waals surface area contributed by atoms with Crippen LogP contribution in [0.5, 0.6) is 17.4 Å². The maximum atomic E-state index is 10.2. The van der Waals surface area contributed by atoms with Gasteiger partial charge >= 0.3 is 0 Å². The van der Waals surface area contributed by atoms with E-state index in [0.717, 1.165) is 22.2 Å². The molecule has 0 aliphatic carbocycles. The molecule has 0 aliphatic rings. The van der Waals surface area contributed by atoms with Crippen molar-refractivity contribution in [1.29, 1.82) is 0 Å². The summed E-state index contributed by atoms with van der Waals surface area (Å²) in [6.45, 7) is 8.62. The van der Waals surface area contributed by atoms with Crippen molar-refractivity contribution in [3.8, 4) is 28.8 Å². The van der Waals surface area contributed by atoms with Crippen LogP contribution in [0.2, 0.25) is 0 Å². The van der Waals surface area contributed by atoms with E-state index in [9.17, 15) is 5.11 Å². The van der Waals surface area contributed by atoms with Crippen LogP contribution in [0.25, 0.3) is 22.3 Å². The van der Waals surface area contributed by atoms with Crippen molar-refractivity contribution >= 4 is 10.9 Å². The van der Waals surface area contributed by atoms with E-state index in [1.807, 2.05) is 43.3 Å². The molecule has 1 aromatic heterocycles. The highest BCUT2D eigenvalue weighted by molar-refractivity contribution is 5.86. The maximum absolute atomic E-state index is 10.2. The molecule has 0 aliphatic heterocycles. The first-order valence-electron chi connectivity index (χ1n) is 9.67. The fraction of sp³-hybridized carbons (Fsp3) is 0.200. The fourth-order valence-corrected chi connectivity index (χ4v) is 3.24. The number of ether oxygens (including phenoxy) is 1. The van der Waals surface area contributed by atoms with Gasteiger partial charge in [0.25, 0.3) is 0 Å². The van der Waals surface area contributed by atoms with E-state index in [1.165, 1.54) is 5.56 Å². The summed E-state index contributed by atoms with van der Waals surface area (Å²) in [4.78, 5) is 9.27. The number of aromatic hydroxyl groups is 1. The lowest BCUT2D eigenvalue weighted by Gasteiger charge is -2.20. The van der Waals surface area contributed by atoms with Crippen molar-refractivity contribution in [2.75, 3.05) is 0 Å². The average Bonchev–Trinajstić information content (AvgIpc) is 2.69. The largest absolute Gasteiger partial charge is 0.507 e. The molecule has 0 spiro atoms. The quantitative estimate of drug-likeness (QED) is 0.444. The molecule has 4 nitrogen and oxygen atoms in total. The zero-order valence-corrected chi connectivity index (χ0v) is 17.1. The van der Waals surface area contributed by atoms with Gasteiger partial charge in [0, 0.05) is 0 Å². The van der Waals surface area contributed by atoms with Crippen molar-refractivity contribution < 1.29 is 9.84 Å². The number of rotatable bonds is 3. The first-order chi connectivity index (χ1) is 13.8. The van der Waals surface area contributed by atoms with Crippen LogP contribution in [-0.4, -0.2) is 15.1 Å². The van der Waals surface area contributed by atoms with Crippen LogP contribution in [0.4, 0.5) is 0 Å². The molecule has 0 bridgehead atoms. The molecule has 0 atom stereocenters. The number of fused-ring (bicyclic) bond motifs is 1. The van der Waals surface area contributed by atoms with Crippen molar-refractivity contribution in [1.82, 2.24) is 9.97 Å². The highest BCUT2D eigenvalue weighted by atomic mass is 16.5. The van der Waals surface area contributed by atoms with E-state index >= 15 is 0 Å². The van der Waals surface area contributed by atoms with Crippen molar-refractivity contribution in [2.45, 2.75) is 33.1 Å². The number of hydrogen-bond donors (Lipinski definition) is 1. The molecule has 1 heterocycles. The Morgan fingerprint density at radius 2 is 1.59 bits per heavy atom. The Labute approximate surface area is 170 Å². The summed E-state index contributed by atoms with van der Waals surface area (Å²) in [5.74, 6) is 1.80.